The van der Waals surface area contributed by atoms with E-state index in [0.717, 1.165) is 12.1 Å². The number of methoxy groups -OCH3 is 2. The Hall–Kier alpha value is -3.42. The zero-order chi connectivity index (χ0) is 18.7. The van der Waals surface area contributed by atoms with E-state index >= 15 is 0 Å². The summed E-state index contributed by atoms with van der Waals surface area (Å²) in [6.45, 7) is 0. The van der Waals surface area contributed by atoms with Crippen molar-refractivity contribution >= 4 is 11.7 Å². The van der Waals surface area contributed by atoms with Crippen LogP contribution in [0.25, 0.3) is 5.69 Å². The van der Waals surface area contributed by atoms with Gasteiger partial charge in [-0.05, 0) is 24.3 Å². The Morgan fingerprint density at radius 2 is 1.73 bits per heavy atom. The molecule has 0 bridgehead atoms. The summed E-state index contributed by atoms with van der Waals surface area (Å²) in [6, 6.07) is 9.39. The summed E-state index contributed by atoms with van der Waals surface area (Å²) in [4.78, 5) is 12.4. The molecule has 0 atom stereocenters. The van der Waals surface area contributed by atoms with Crippen LogP contribution < -0.4 is 14.8 Å². The van der Waals surface area contributed by atoms with Crippen molar-refractivity contribution in [1.29, 1.82) is 0 Å². The average Bonchev–Trinajstić information content (AvgIpc) is 3.09. The maximum atomic E-state index is 13.8. The molecule has 0 spiro atoms. The summed E-state index contributed by atoms with van der Waals surface area (Å²) in [5, 5.41) is 6.68. The fraction of sp³-hybridized carbons (Fsp3) is 0.111. The Labute approximate surface area is 148 Å². The summed E-state index contributed by atoms with van der Waals surface area (Å²) in [5.74, 6) is -0.739. The minimum absolute atomic E-state index is 0.0648. The predicted octanol–water partition coefficient (Wildman–Crippen LogP) is 3.42. The smallest absolute Gasteiger partial charge is 0.257 e. The Bertz CT molecular complexity index is 934. The second-order valence-corrected chi connectivity index (χ2v) is 5.30. The van der Waals surface area contributed by atoms with Gasteiger partial charge < -0.3 is 14.8 Å². The van der Waals surface area contributed by atoms with Crippen LogP contribution in [0, 0.1) is 11.6 Å². The van der Waals surface area contributed by atoms with Gasteiger partial charge in [-0.15, -0.1) is 5.10 Å². The van der Waals surface area contributed by atoms with Crippen molar-refractivity contribution in [3.63, 3.8) is 0 Å². The van der Waals surface area contributed by atoms with Crippen LogP contribution >= 0.6 is 0 Å². The number of amides is 1. The molecule has 0 aliphatic carbocycles. The minimum atomic E-state index is -0.761. The van der Waals surface area contributed by atoms with Gasteiger partial charge in [-0.2, -0.15) is 0 Å². The summed E-state index contributed by atoms with van der Waals surface area (Å²) >= 11 is 0. The first-order valence-electron chi connectivity index (χ1n) is 7.55. The van der Waals surface area contributed by atoms with E-state index in [1.165, 1.54) is 37.2 Å². The highest BCUT2D eigenvalue weighted by molar-refractivity contribution is 6.04. The summed E-state index contributed by atoms with van der Waals surface area (Å²) < 4.78 is 38.3. The molecular weight excluding hydrogens is 344 g/mol. The number of anilines is 1. The number of rotatable bonds is 5. The van der Waals surface area contributed by atoms with Crippen LogP contribution in [0.4, 0.5) is 14.6 Å². The van der Waals surface area contributed by atoms with E-state index in [1.807, 2.05) is 0 Å². The highest BCUT2D eigenvalue weighted by atomic mass is 19.1. The monoisotopic (exact) mass is 359 g/mol. The molecule has 0 radical (unpaired) electrons. The van der Waals surface area contributed by atoms with E-state index in [2.05, 4.69) is 10.4 Å². The number of carbonyl (C=O) groups excluding carboxylic acids is 1. The van der Waals surface area contributed by atoms with Gasteiger partial charge in [0.25, 0.3) is 5.91 Å². The van der Waals surface area contributed by atoms with Gasteiger partial charge in [0, 0.05) is 30.0 Å². The second-order valence-electron chi connectivity index (χ2n) is 5.30. The predicted molar refractivity (Wildman–Crippen MR) is 91.0 cm³/mol. The van der Waals surface area contributed by atoms with Gasteiger partial charge in [0.05, 0.1) is 14.2 Å². The van der Waals surface area contributed by atoms with E-state index < -0.39 is 17.5 Å². The fourth-order valence-electron chi connectivity index (χ4n) is 2.32. The Morgan fingerprint density at radius 1 is 1.04 bits per heavy atom. The lowest BCUT2D eigenvalue weighted by molar-refractivity contribution is 0.102. The number of carbonyl (C=O) groups is 1. The Morgan fingerprint density at radius 3 is 2.35 bits per heavy atom. The van der Waals surface area contributed by atoms with Crippen molar-refractivity contribution in [2.75, 3.05) is 19.5 Å². The maximum absolute atomic E-state index is 13.8. The molecule has 3 aromatic rings. The number of ether oxygens (including phenoxy) is 2. The van der Waals surface area contributed by atoms with Crippen molar-refractivity contribution in [1.82, 2.24) is 9.78 Å². The molecule has 0 fully saturated rings. The quantitative estimate of drug-likeness (QED) is 0.758. The molecule has 6 nitrogen and oxygen atoms in total. The Kier molecular flexibility index (Phi) is 4.83. The van der Waals surface area contributed by atoms with Crippen LogP contribution in [0.3, 0.4) is 0 Å². The van der Waals surface area contributed by atoms with Crippen LogP contribution in [-0.2, 0) is 0 Å². The topological polar surface area (TPSA) is 65.4 Å². The van der Waals surface area contributed by atoms with Gasteiger partial charge in [0.2, 0.25) is 0 Å². The fourth-order valence-corrected chi connectivity index (χ4v) is 2.32. The molecule has 0 unspecified atom stereocenters. The number of hydrogen-bond acceptors (Lipinski definition) is 4. The third-order valence-corrected chi connectivity index (χ3v) is 3.60. The lowest BCUT2D eigenvalue weighted by Crippen LogP contribution is -2.13. The number of halogens is 2. The van der Waals surface area contributed by atoms with Crippen LogP contribution in [0.5, 0.6) is 11.5 Å². The zero-order valence-electron chi connectivity index (χ0n) is 14.0. The number of hydrogen-bond donors (Lipinski definition) is 1. The highest BCUT2D eigenvalue weighted by Crippen LogP contribution is 2.23. The zero-order valence-corrected chi connectivity index (χ0v) is 14.0. The molecule has 8 heteroatoms. The molecule has 0 saturated heterocycles. The molecule has 1 N–H and O–H groups in total. The number of nitrogens with one attached hydrogen (secondary N) is 1. The second kappa shape index (κ2) is 7.22. The van der Waals surface area contributed by atoms with E-state index in [4.69, 9.17) is 9.47 Å². The summed E-state index contributed by atoms with van der Waals surface area (Å²) in [5.41, 5.74) is 0.374. The van der Waals surface area contributed by atoms with Gasteiger partial charge in [-0.25, -0.2) is 13.5 Å². The third kappa shape index (κ3) is 3.64. The molecular formula is C18H15F2N3O3. The van der Waals surface area contributed by atoms with Crippen molar-refractivity contribution in [2.24, 2.45) is 0 Å². The van der Waals surface area contributed by atoms with E-state index in [0.29, 0.717) is 17.1 Å². The standard InChI is InChI=1S/C18H15F2N3O3/c1-25-13-7-11(8-14(10-13)26-2)18(24)21-17-5-6-23(22-17)16-4-3-12(19)9-15(16)20/h3-10H,1-2H3,(H,21,22,24). The van der Waals surface area contributed by atoms with Crippen LogP contribution in [-0.4, -0.2) is 29.9 Å². The van der Waals surface area contributed by atoms with Crippen molar-refractivity contribution < 1.29 is 23.0 Å². The van der Waals surface area contributed by atoms with E-state index in [1.54, 1.807) is 18.2 Å². The molecule has 26 heavy (non-hydrogen) atoms. The van der Waals surface area contributed by atoms with Gasteiger partial charge in [0.15, 0.2) is 11.6 Å². The number of benzene rings is 2. The average molecular weight is 359 g/mol. The first-order valence-corrected chi connectivity index (χ1v) is 7.55. The lowest BCUT2D eigenvalue weighted by Gasteiger charge is -2.08. The van der Waals surface area contributed by atoms with Gasteiger partial charge in [-0.1, -0.05) is 0 Å². The molecule has 0 aliphatic rings. The SMILES string of the molecule is COc1cc(OC)cc(C(=O)Nc2ccn(-c3ccc(F)cc3F)n2)c1. The van der Waals surface area contributed by atoms with E-state index in [9.17, 15) is 13.6 Å². The molecule has 1 amide bonds. The van der Waals surface area contributed by atoms with Gasteiger partial charge >= 0.3 is 0 Å². The van der Waals surface area contributed by atoms with Gasteiger partial charge in [0.1, 0.15) is 23.0 Å². The minimum Gasteiger partial charge on any atom is -0.497 e. The van der Waals surface area contributed by atoms with Crippen LogP contribution in [0.15, 0.2) is 48.7 Å². The first-order chi connectivity index (χ1) is 12.5. The molecule has 0 saturated carbocycles. The molecule has 134 valence electrons. The van der Waals surface area contributed by atoms with Crippen molar-refractivity contribution in [2.45, 2.75) is 0 Å². The summed E-state index contributed by atoms with van der Waals surface area (Å²) in [6.07, 6.45) is 1.46. The lowest BCUT2D eigenvalue weighted by atomic mass is 10.2. The van der Waals surface area contributed by atoms with Crippen LogP contribution in [0.1, 0.15) is 10.4 Å². The molecule has 1 aromatic heterocycles. The van der Waals surface area contributed by atoms with Crippen LogP contribution in [0.2, 0.25) is 0 Å². The highest BCUT2D eigenvalue weighted by Gasteiger charge is 2.13. The third-order valence-electron chi connectivity index (χ3n) is 3.60. The van der Waals surface area contributed by atoms with Crippen molar-refractivity contribution in [3.05, 3.63) is 65.9 Å². The largest absolute Gasteiger partial charge is 0.497 e. The molecule has 3 rings (SSSR count). The summed E-state index contributed by atoms with van der Waals surface area (Å²) in [7, 11) is 2.96. The first kappa shape index (κ1) is 17.4. The van der Waals surface area contributed by atoms with Crippen molar-refractivity contribution in [3.8, 4) is 17.2 Å². The maximum Gasteiger partial charge on any atom is 0.257 e. The molecule has 2 aromatic carbocycles. The molecule has 0 aliphatic heterocycles. The number of aromatic nitrogens is 2. The normalized spacial score (nSPS) is 10.5. The molecule has 1 heterocycles. The number of nitrogens with zero attached hydrogens (tertiary/aromatic N) is 2. The Balaban J connectivity index is 1.82. The van der Waals surface area contributed by atoms with Gasteiger partial charge in [-0.3, -0.25) is 4.79 Å². The van der Waals surface area contributed by atoms with E-state index in [-0.39, 0.29) is 11.5 Å².